The van der Waals surface area contributed by atoms with Crippen molar-refractivity contribution in [1.29, 1.82) is 5.26 Å². The van der Waals surface area contributed by atoms with Gasteiger partial charge in [-0.05, 0) is 73.4 Å². The van der Waals surface area contributed by atoms with Crippen molar-refractivity contribution in [2.45, 2.75) is 27.2 Å². The number of carbonyl (C=O) groups is 1. The van der Waals surface area contributed by atoms with Gasteiger partial charge in [-0.2, -0.15) is 5.26 Å². The van der Waals surface area contributed by atoms with Crippen LogP contribution >= 0.6 is 23.2 Å². The summed E-state index contributed by atoms with van der Waals surface area (Å²) in [6.45, 7) is 6.21. The molecule has 1 N–H and O–H groups in total. The highest BCUT2D eigenvalue weighted by Crippen LogP contribution is 2.33. The molecule has 3 rings (SSSR count). The molecule has 3 aromatic carbocycles. The number of hydrogen-bond acceptors (Lipinski definition) is 3. The van der Waals surface area contributed by atoms with Gasteiger partial charge in [0, 0.05) is 27.7 Å². The highest BCUT2D eigenvalue weighted by Gasteiger charge is 2.15. The molecule has 0 radical (unpaired) electrons. The Hall–Kier alpha value is -3.26. The van der Waals surface area contributed by atoms with Crippen LogP contribution in [-0.2, 0) is 11.2 Å². The third-order valence-electron chi connectivity index (χ3n) is 5.33. The molecule has 0 aromatic heterocycles. The topological polar surface area (TPSA) is 62.1 Å². The number of benzene rings is 3. The smallest absolute Gasteiger partial charge is 0.266 e. The summed E-state index contributed by atoms with van der Waals surface area (Å²) in [5.41, 5.74) is 4.96. The Bertz CT molecular complexity index is 1260. The minimum Gasteiger partial charge on any atom is -0.494 e. The minimum absolute atomic E-state index is 0.0340. The summed E-state index contributed by atoms with van der Waals surface area (Å²) >= 11 is 12.9. The van der Waals surface area contributed by atoms with Crippen molar-refractivity contribution in [3.05, 3.63) is 98.0 Å². The van der Waals surface area contributed by atoms with Crippen LogP contribution in [-0.4, -0.2) is 12.5 Å². The highest BCUT2D eigenvalue weighted by atomic mass is 35.5. The predicted octanol–water partition coefficient (Wildman–Crippen LogP) is 7.15. The lowest BCUT2D eigenvalue weighted by molar-refractivity contribution is -0.112. The normalized spacial score (nSPS) is 11.1. The molecule has 0 saturated heterocycles. The average Bonchev–Trinajstić information content (AvgIpc) is 2.79. The van der Waals surface area contributed by atoms with Crippen molar-refractivity contribution in [2.24, 2.45) is 0 Å². The lowest BCUT2D eigenvalue weighted by atomic mass is 10.0. The zero-order valence-electron chi connectivity index (χ0n) is 18.7. The quantitative estimate of drug-likeness (QED) is 0.289. The van der Waals surface area contributed by atoms with Gasteiger partial charge in [-0.15, -0.1) is 0 Å². The second-order valence-corrected chi connectivity index (χ2v) is 8.37. The monoisotopic (exact) mass is 478 g/mol. The van der Waals surface area contributed by atoms with Gasteiger partial charge in [0.15, 0.2) is 0 Å². The van der Waals surface area contributed by atoms with E-state index < -0.39 is 5.91 Å². The fourth-order valence-corrected chi connectivity index (χ4v) is 3.88. The summed E-state index contributed by atoms with van der Waals surface area (Å²) in [6.07, 6.45) is 2.00. The first-order chi connectivity index (χ1) is 15.8. The molecule has 1 amide bonds. The fourth-order valence-electron chi connectivity index (χ4n) is 3.39. The van der Waals surface area contributed by atoms with Crippen LogP contribution in [0.3, 0.4) is 0 Å². The number of amides is 1. The zero-order valence-corrected chi connectivity index (χ0v) is 20.2. The summed E-state index contributed by atoms with van der Waals surface area (Å²) in [6, 6.07) is 18.7. The van der Waals surface area contributed by atoms with Gasteiger partial charge in [0.25, 0.3) is 5.91 Å². The largest absolute Gasteiger partial charge is 0.494 e. The van der Waals surface area contributed by atoms with Gasteiger partial charge >= 0.3 is 0 Å². The third kappa shape index (κ3) is 5.96. The van der Waals surface area contributed by atoms with Crippen molar-refractivity contribution in [2.75, 3.05) is 11.9 Å². The van der Waals surface area contributed by atoms with Crippen LogP contribution in [0.5, 0.6) is 5.75 Å². The van der Waals surface area contributed by atoms with Crippen LogP contribution in [0.15, 0.2) is 60.2 Å². The van der Waals surface area contributed by atoms with E-state index in [0.29, 0.717) is 40.1 Å². The number of ether oxygens (including phenoxy) is 1. The molecule has 33 heavy (non-hydrogen) atoms. The maximum absolute atomic E-state index is 12.8. The molecule has 0 fully saturated rings. The van der Waals surface area contributed by atoms with Gasteiger partial charge in [-0.25, -0.2) is 0 Å². The van der Waals surface area contributed by atoms with E-state index in [1.165, 1.54) is 6.08 Å². The van der Waals surface area contributed by atoms with E-state index in [1.807, 2.05) is 69.3 Å². The number of aryl methyl sites for hydroxylation is 1. The molecule has 0 aliphatic rings. The lowest BCUT2D eigenvalue weighted by Gasteiger charge is -2.14. The Kier molecular flexibility index (Phi) is 8.16. The molecule has 3 aromatic rings. The Balaban J connectivity index is 1.94. The maximum Gasteiger partial charge on any atom is 0.266 e. The molecule has 0 spiro atoms. The summed E-state index contributed by atoms with van der Waals surface area (Å²) in [4.78, 5) is 12.8. The second-order valence-electron chi connectivity index (χ2n) is 7.55. The number of nitrogens with one attached hydrogen (secondary N) is 1. The number of nitrogens with zero attached hydrogens (tertiary/aromatic N) is 1. The molecular formula is C27H24Cl2N2O2. The second kappa shape index (κ2) is 11.0. The SMILES string of the molecule is CCOc1cc(/C=C(\C#N)C(=O)Nc2cccc(C)c2C)cc(Cl)c1Cc1ccccc1Cl. The van der Waals surface area contributed by atoms with Crippen LogP contribution < -0.4 is 10.1 Å². The van der Waals surface area contributed by atoms with Crippen LogP contribution in [0.4, 0.5) is 5.69 Å². The zero-order chi connectivity index (χ0) is 24.0. The number of carbonyl (C=O) groups excluding carboxylic acids is 1. The maximum atomic E-state index is 12.8. The van der Waals surface area contributed by atoms with Gasteiger partial charge in [0.05, 0.1) is 6.61 Å². The summed E-state index contributed by atoms with van der Waals surface area (Å²) in [5, 5.41) is 13.6. The summed E-state index contributed by atoms with van der Waals surface area (Å²) in [7, 11) is 0. The van der Waals surface area contributed by atoms with Gasteiger partial charge in [-0.1, -0.05) is 53.5 Å². The molecular weight excluding hydrogens is 455 g/mol. The molecule has 0 heterocycles. The van der Waals surface area contributed by atoms with Crippen LogP contribution in [0, 0.1) is 25.2 Å². The molecule has 0 bridgehead atoms. The molecule has 168 valence electrons. The molecule has 0 aliphatic carbocycles. The average molecular weight is 479 g/mol. The van der Waals surface area contributed by atoms with E-state index in [4.69, 9.17) is 27.9 Å². The van der Waals surface area contributed by atoms with Crippen molar-refractivity contribution in [3.8, 4) is 11.8 Å². The van der Waals surface area contributed by atoms with E-state index in [0.717, 1.165) is 22.3 Å². The first-order valence-corrected chi connectivity index (χ1v) is 11.3. The molecule has 6 heteroatoms. The van der Waals surface area contributed by atoms with E-state index in [-0.39, 0.29) is 5.57 Å². The van der Waals surface area contributed by atoms with E-state index >= 15 is 0 Å². The van der Waals surface area contributed by atoms with Crippen molar-refractivity contribution in [1.82, 2.24) is 0 Å². The minimum atomic E-state index is -0.486. The number of halogens is 2. The Labute approximate surface area is 204 Å². The molecule has 0 saturated carbocycles. The number of anilines is 1. The van der Waals surface area contributed by atoms with Crippen LogP contribution in [0.1, 0.15) is 34.7 Å². The van der Waals surface area contributed by atoms with Crippen molar-refractivity contribution < 1.29 is 9.53 Å². The standard InChI is InChI=1S/C27H24Cl2N2O2/c1-4-33-26-14-19(13-24(29)22(26)15-20-9-5-6-10-23(20)28)12-21(16-30)27(32)31-25-11-7-8-17(2)18(25)3/h5-14H,4,15H2,1-3H3,(H,31,32)/b21-12+. The highest BCUT2D eigenvalue weighted by molar-refractivity contribution is 6.32. The van der Waals surface area contributed by atoms with Crippen molar-refractivity contribution in [3.63, 3.8) is 0 Å². The summed E-state index contributed by atoms with van der Waals surface area (Å²) in [5.74, 6) is 0.101. The number of nitriles is 1. The van der Waals surface area contributed by atoms with Gasteiger partial charge in [-0.3, -0.25) is 4.79 Å². The summed E-state index contributed by atoms with van der Waals surface area (Å²) < 4.78 is 5.83. The van der Waals surface area contributed by atoms with Gasteiger partial charge in [0.2, 0.25) is 0 Å². The van der Waals surface area contributed by atoms with E-state index in [9.17, 15) is 10.1 Å². The first-order valence-electron chi connectivity index (χ1n) is 10.5. The molecule has 0 unspecified atom stereocenters. The number of hydrogen-bond donors (Lipinski definition) is 1. The molecule has 0 atom stereocenters. The third-order valence-corrected chi connectivity index (χ3v) is 6.04. The Morgan fingerprint density at radius 3 is 2.55 bits per heavy atom. The van der Waals surface area contributed by atoms with E-state index in [1.54, 1.807) is 12.1 Å². The fraction of sp³-hybridized carbons (Fsp3) is 0.185. The van der Waals surface area contributed by atoms with Crippen molar-refractivity contribution >= 4 is 40.9 Å². The Morgan fingerprint density at radius 1 is 1.09 bits per heavy atom. The molecule has 4 nitrogen and oxygen atoms in total. The first kappa shape index (κ1) is 24.4. The van der Waals surface area contributed by atoms with Crippen LogP contribution in [0.2, 0.25) is 10.0 Å². The van der Waals surface area contributed by atoms with Gasteiger partial charge in [0.1, 0.15) is 17.4 Å². The predicted molar refractivity (Wildman–Crippen MR) is 135 cm³/mol. The van der Waals surface area contributed by atoms with Gasteiger partial charge < -0.3 is 10.1 Å². The number of rotatable bonds is 7. The van der Waals surface area contributed by atoms with Crippen LogP contribution in [0.25, 0.3) is 6.08 Å². The lowest BCUT2D eigenvalue weighted by Crippen LogP contribution is -2.14. The molecule has 0 aliphatic heterocycles. The Morgan fingerprint density at radius 2 is 1.85 bits per heavy atom. The van der Waals surface area contributed by atoms with E-state index in [2.05, 4.69) is 5.32 Å².